The molecule has 1 aliphatic rings. The lowest BCUT2D eigenvalue weighted by atomic mass is 9.83. The third-order valence-electron chi connectivity index (χ3n) is 4.03. The molecule has 0 saturated carbocycles. The van der Waals surface area contributed by atoms with E-state index in [2.05, 4.69) is 0 Å². The predicted octanol–water partition coefficient (Wildman–Crippen LogP) is 2.24. The number of sulfone groups is 1. The number of ether oxygens (including phenoxy) is 1. The van der Waals surface area contributed by atoms with Gasteiger partial charge in [0.2, 0.25) is 5.24 Å². The van der Waals surface area contributed by atoms with Crippen LogP contribution in [0, 0.1) is 5.92 Å². The third-order valence-corrected chi connectivity index (χ3v) is 7.42. The fourth-order valence-corrected chi connectivity index (χ4v) is 4.83. The molecule has 0 aromatic heterocycles. The largest absolute Gasteiger partial charge is 0.433 e. The second kappa shape index (κ2) is 7.85. The summed E-state index contributed by atoms with van der Waals surface area (Å²) in [4.78, 5) is 24.2. The molecule has 2 unspecified atom stereocenters. The number of carbonyl (C=O) groups excluding carboxylic acids is 2. The fourth-order valence-electron chi connectivity index (χ4n) is 2.63. The molecule has 0 aliphatic heterocycles. The minimum atomic E-state index is -4.07. The molecule has 2 N–H and O–H groups in total. The van der Waals surface area contributed by atoms with Gasteiger partial charge in [0.05, 0.1) is 17.1 Å². The van der Waals surface area contributed by atoms with Gasteiger partial charge in [-0.2, -0.15) is 0 Å². The summed E-state index contributed by atoms with van der Waals surface area (Å²) in [6, 6.07) is -1.10. The monoisotopic (exact) mass is 389 g/mol. The van der Waals surface area contributed by atoms with Gasteiger partial charge in [-0.3, -0.25) is 4.79 Å². The Labute approximate surface area is 153 Å². The number of halogens is 1. The summed E-state index contributed by atoms with van der Waals surface area (Å²) in [5, 5.41) is -0.799. The van der Waals surface area contributed by atoms with Crippen LogP contribution in [0.15, 0.2) is 36.6 Å². The number of esters is 1. The zero-order chi connectivity index (χ0) is 19.5. The zero-order valence-electron chi connectivity index (χ0n) is 14.7. The Bertz CT molecular complexity index is 718. The maximum Gasteiger partial charge on any atom is 0.336 e. The van der Waals surface area contributed by atoms with Crippen molar-refractivity contribution in [1.29, 1.82) is 0 Å². The minimum Gasteiger partial charge on any atom is -0.433 e. The summed E-state index contributed by atoms with van der Waals surface area (Å²) in [5.41, 5.74) is 5.72. The fraction of sp³-hybridized carbons (Fsp3) is 0.529. The lowest BCUT2D eigenvalue weighted by Gasteiger charge is -2.40. The van der Waals surface area contributed by atoms with Crippen LogP contribution in [-0.4, -0.2) is 35.2 Å². The Balaban J connectivity index is 3.58. The van der Waals surface area contributed by atoms with Gasteiger partial charge in [-0.05, 0) is 45.7 Å². The highest BCUT2D eigenvalue weighted by atomic mass is 35.5. The van der Waals surface area contributed by atoms with E-state index < -0.39 is 42.5 Å². The summed E-state index contributed by atoms with van der Waals surface area (Å²) in [5.74, 6) is -1.84. The van der Waals surface area contributed by atoms with Crippen molar-refractivity contribution < 1.29 is 22.7 Å². The topological polar surface area (TPSA) is 104 Å². The average Bonchev–Trinajstić information content (AvgIpc) is 2.51. The Morgan fingerprint density at radius 3 is 2.44 bits per heavy atom. The standard InChI is InChI=1S/C17H24ClNO5S/c1-5-10-24-15(21)17(25(22,23)16(2,3)4)9-7-6-8-12(17)11-13(19)14(18)20/h5-10,12-13H,11,19H2,1-4H3/t12?,13-,17?/m0/s1. The Hall–Kier alpha value is -1.44. The van der Waals surface area contributed by atoms with E-state index in [0.717, 1.165) is 6.26 Å². The first-order chi connectivity index (χ1) is 11.4. The molecule has 8 heteroatoms. The number of rotatable bonds is 6. The van der Waals surface area contributed by atoms with Gasteiger partial charge < -0.3 is 10.5 Å². The molecular formula is C17H24ClNO5S. The molecular weight excluding hydrogens is 366 g/mol. The summed E-state index contributed by atoms with van der Waals surface area (Å²) >= 11 is 5.43. The van der Waals surface area contributed by atoms with E-state index in [1.807, 2.05) is 0 Å². The van der Waals surface area contributed by atoms with E-state index in [4.69, 9.17) is 22.1 Å². The molecule has 0 heterocycles. The molecule has 1 rings (SSSR count). The van der Waals surface area contributed by atoms with Gasteiger partial charge in [-0.25, -0.2) is 13.2 Å². The number of hydrogen-bond donors (Lipinski definition) is 1. The van der Waals surface area contributed by atoms with Crippen LogP contribution < -0.4 is 5.73 Å². The Morgan fingerprint density at radius 2 is 1.96 bits per heavy atom. The van der Waals surface area contributed by atoms with Crippen molar-refractivity contribution in [1.82, 2.24) is 0 Å². The highest BCUT2D eigenvalue weighted by Gasteiger charge is 2.59. The van der Waals surface area contributed by atoms with E-state index in [0.29, 0.717) is 0 Å². The van der Waals surface area contributed by atoms with Gasteiger partial charge in [0, 0.05) is 5.92 Å². The highest BCUT2D eigenvalue weighted by Crippen LogP contribution is 2.42. The van der Waals surface area contributed by atoms with Crippen molar-refractivity contribution in [3.05, 3.63) is 36.6 Å². The van der Waals surface area contributed by atoms with Crippen LogP contribution in [0.1, 0.15) is 34.1 Å². The van der Waals surface area contributed by atoms with Crippen LogP contribution in [0.3, 0.4) is 0 Å². The van der Waals surface area contributed by atoms with E-state index in [9.17, 15) is 18.0 Å². The molecule has 0 aromatic carbocycles. The normalized spacial score (nSPS) is 25.1. The first-order valence-electron chi connectivity index (χ1n) is 7.79. The van der Waals surface area contributed by atoms with Crippen molar-refractivity contribution in [2.45, 2.75) is 49.7 Å². The Kier molecular flexibility index (Phi) is 6.78. The highest BCUT2D eigenvalue weighted by molar-refractivity contribution is 7.95. The van der Waals surface area contributed by atoms with Gasteiger partial charge in [-0.1, -0.05) is 30.4 Å². The SMILES string of the molecule is CC=COC(=O)C1(S(=O)(=O)C(C)(C)C)C=CC=CC1C[C@H](N)C(=O)Cl. The average molecular weight is 390 g/mol. The summed E-state index contributed by atoms with van der Waals surface area (Å²) in [7, 11) is -4.07. The molecule has 3 atom stereocenters. The van der Waals surface area contributed by atoms with Crippen molar-refractivity contribution in [3.8, 4) is 0 Å². The van der Waals surface area contributed by atoms with Crippen LogP contribution in [-0.2, 0) is 24.2 Å². The maximum absolute atomic E-state index is 13.3. The first kappa shape index (κ1) is 21.6. The smallest absolute Gasteiger partial charge is 0.336 e. The van der Waals surface area contributed by atoms with Crippen molar-refractivity contribution in [3.63, 3.8) is 0 Å². The number of carbonyl (C=O) groups is 2. The second-order valence-electron chi connectivity index (χ2n) is 6.78. The van der Waals surface area contributed by atoms with Gasteiger partial charge in [-0.15, -0.1) is 0 Å². The molecule has 1 aliphatic carbocycles. The molecule has 0 radical (unpaired) electrons. The van der Waals surface area contributed by atoms with Crippen LogP contribution >= 0.6 is 11.6 Å². The first-order valence-corrected chi connectivity index (χ1v) is 9.65. The van der Waals surface area contributed by atoms with Crippen LogP contribution in [0.2, 0.25) is 0 Å². The van der Waals surface area contributed by atoms with Crippen molar-refractivity contribution >= 4 is 32.6 Å². The van der Waals surface area contributed by atoms with Crippen molar-refractivity contribution in [2.75, 3.05) is 0 Å². The Morgan fingerprint density at radius 1 is 1.36 bits per heavy atom. The molecule has 0 spiro atoms. The van der Waals surface area contributed by atoms with Crippen LogP contribution in [0.25, 0.3) is 0 Å². The van der Waals surface area contributed by atoms with Gasteiger partial charge in [0.25, 0.3) is 0 Å². The summed E-state index contributed by atoms with van der Waals surface area (Å²) < 4.78 is 28.5. The molecule has 0 amide bonds. The predicted molar refractivity (Wildman–Crippen MR) is 97.5 cm³/mol. The zero-order valence-corrected chi connectivity index (χ0v) is 16.3. The van der Waals surface area contributed by atoms with Crippen LogP contribution in [0.4, 0.5) is 0 Å². The molecule has 0 fully saturated rings. The van der Waals surface area contributed by atoms with Gasteiger partial charge in [0.15, 0.2) is 14.6 Å². The summed E-state index contributed by atoms with van der Waals surface area (Å²) in [6.07, 6.45) is 8.41. The van der Waals surface area contributed by atoms with Gasteiger partial charge >= 0.3 is 5.97 Å². The number of hydrogen-bond acceptors (Lipinski definition) is 6. The quantitative estimate of drug-likeness (QED) is 0.424. The summed E-state index contributed by atoms with van der Waals surface area (Å²) in [6.45, 7) is 6.14. The second-order valence-corrected chi connectivity index (χ2v) is 10.1. The van der Waals surface area contributed by atoms with Gasteiger partial charge in [0.1, 0.15) is 0 Å². The van der Waals surface area contributed by atoms with E-state index in [1.165, 1.54) is 39.0 Å². The van der Waals surface area contributed by atoms with Crippen molar-refractivity contribution in [2.24, 2.45) is 11.7 Å². The number of allylic oxidation sites excluding steroid dienone is 4. The number of nitrogens with two attached hydrogens (primary N) is 1. The molecule has 25 heavy (non-hydrogen) atoms. The lowest BCUT2D eigenvalue weighted by Crippen LogP contribution is -2.58. The molecule has 0 bridgehead atoms. The van der Waals surface area contributed by atoms with Crippen LogP contribution in [0.5, 0.6) is 0 Å². The third kappa shape index (κ3) is 4.04. The maximum atomic E-state index is 13.3. The minimum absolute atomic E-state index is 0.108. The van der Waals surface area contributed by atoms with E-state index in [1.54, 1.807) is 19.1 Å². The van der Waals surface area contributed by atoms with E-state index >= 15 is 0 Å². The van der Waals surface area contributed by atoms with E-state index in [-0.39, 0.29) is 6.42 Å². The molecule has 0 aromatic rings. The molecule has 140 valence electrons. The molecule has 0 saturated heterocycles. The molecule has 6 nitrogen and oxygen atoms in total. The lowest BCUT2D eigenvalue weighted by molar-refractivity contribution is -0.141.